The molecule has 0 aromatic heterocycles. The summed E-state index contributed by atoms with van der Waals surface area (Å²) >= 11 is 0. The zero-order chi connectivity index (χ0) is 111. The molecule has 0 spiro atoms. The lowest BCUT2D eigenvalue weighted by molar-refractivity contribution is -0.397. The minimum atomic E-state index is -7.65. The molecule has 21 fully saturated rings. The number of hydrogen-bond donors (Lipinski definition) is 17. The molecule has 145 heavy (non-hydrogen) atoms. The third-order valence-electron chi connectivity index (χ3n) is 23.1. The molecule has 39 nitrogen and oxygen atoms in total. The average molecular weight is 2230 g/mol. The summed E-state index contributed by atoms with van der Waals surface area (Å²) in [6, 6.07) is 0. The fourth-order valence-corrected chi connectivity index (χ4v) is 14.6. The molecule has 17 N–H and O–H groups in total. The number of halogens is 36. The first-order valence-electron chi connectivity index (χ1n) is 40.8. The van der Waals surface area contributed by atoms with Crippen molar-refractivity contribution < 1.29 is 349 Å². The number of ether oxygens (including phenoxy) is 18. The smallest absolute Gasteiger partial charge is 0.460 e. The minimum Gasteiger partial charge on any atom is -0.463 e. The van der Waals surface area contributed by atoms with Gasteiger partial charge in [0.05, 0.1) is 45.5 Å². The molecule has 21 saturated heterocycles. The second-order valence-electron chi connectivity index (χ2n) is 33.1. The Morgan fingerprint density at radius 1 is 0.186 bits per heavy atom. The molecule has 21 aliphatic rings. The van der Waals surface area contributed by atoms with Crippen LogP contribution in [0.25, 0.3) is 0 Å². The molecule has 0 aliphatic carbocycles. The van der Waals surface area contributed by atoms with Crippen molar-refractivity contribution in [2.45, 2.75) is 362 Å². The van der Waals surface area contributed by atoms with E-state index < -0.39 is 432 Å². The van der Waals surface area contributed by atoms with E-state index >= 15 is 0 Å². The Morgan fingerprint density at radius 3 is 0.434 bits per heavy atom. The van der Waals surface area contributed by atoms with Gasteiger partial charge in [0, 0.05) is 25.7 Å². The van der Waals surface area contributed by atoms with Crippen LogP contribution in [-0.4, -0.2) is 468 Å². The van der Waals surface area contributed by atoms with E-state index in [2.05, 4.69) is 18.9 Å². The summed E-state index contributed by atoms with van der Waals surface area (Å²) in [5.74, 6) is -96.6. The second kappa shape index (κ2) is 45.0. The van der Waals surface area contributed by atoms with Crippen LogP contribution in [0.15, 0.2) is 0 Å². The second-order valence-corrected chi connectivity index (χ2v) is 33.1. The van der Waals surface area contributed by atoms with Gasteiger partial charge in [-0.15, -0.1) is 0 Å². The number of aliphatic hydroxyl groups excluding tert-OH is 17. The number of aliphatic hydroxyl groups is 17. The predicted octanol–water partition coefficient (Wildman–Crippen LogP) is -0.0334. The standard InChI is InChI=1S/C70H82F36O39/c71-55(72,59(79,80)63(87,88)67(95,96)97)5-1-23(110)128-12-19-44-31(118)38(125)52(136-19)140-42-17(10-108)134-50(36(123)29(42)116)144-46-21(14-130-25(112)3-7-57(75,76)61(83,84)65(91,92)69(101,102)103)138-54(40(127)33(46)120)145-47-22(15-131-26(113)4-8-58(77,78)62(85,86)66(93,94)70(104,105)106)137-53(39(126)32(47)119)141-43-18(11-109)133-49(35(122)28(43)115)143-45-20(13-129-24(111)2-6-56(73,74)60(81,82)64(89,90)68(98,99)100)135-51(37(124)30(45)117)139-41-16(9-107)132-48(142-44)34(121)27(41)114/h16-22,27-54,107-109,114-127H,1-15H2. The van der Waals surface area contributed by atoms with Crippen molar-refractivity contribution in [1.29, 1.82) is 0 Å². The molecule has 75 heteroatoms. The molecule has 0 aromatic rings. The molecule has 35 unspecified atom stereocenters. The Hall–Kier alpha value is -5.88. The van der Waals surface area contributed by atoms with E-state index in [0.717, 1.165) is 0 Å². The summed E-state index contributed by atoms with van der Waals surface area (Å²) in [4.78, 5) is 52.4. The van der Waals surface area contributed by atoms with Crippen LogP contribution in [0.3, 0.4) is 0 Å². The fourth-order valence-electron chi connectivity index (χ4n) is 14.6. The maximum absolute atomic E-state index is 14.8. The first kappa shape index (κ1) is 124. The van der Waals surface area contributed by atoms with Crippen LogP contribution in [0, 0.1) is 0 Å². The first-order valence-corrected chi connectivity index (χ1v) is 40.8. The Balaban J connectivity index is 1.23. The maximum atomic E-state index is 14.8. The van der Waals surface area contributed by atoms with E-state index in [1.54, 1.807) is 0 Å². The van der Waals surface area contributed by atoms with Crippen molar-refractivity contribution in [1.82, 2.24) is 0 Å². The average Bonchev–Trinajstić information content (AvgIpc) is 0.782. The molecule has 848 valence electrons. The Labute approximate surface area is 780 Å². The van der Waals surface area contributed by atoms with Crippen LogP contribution in [0.4, 0.5) is 158 Å². The number of carbonyl (C=O) groups is 4. The highest BCUT2D eigenvalue weighted by molar-refractivity contribution is 5.70. The molecule has 21 rings (SSSR count). The highest BCUT2D eigenvalue weighted by atomic mass is 19.5. The van der Waals surface area contributed by atoms with E-state index in [9.17, 15) is 264 Å². The number of alkyl halides is 36. The van der Waals surface area contributed by atoms with Gasteiger partial charge in [-0.3, -0.25) is 19.2 Å². The third-order valence-corrected chi connectivity index (χ3v) is 23.1. The van der Waals surface area contributed by atoms with Crippen LogP contribution in [0.2, 0.25) is 0 Å². The Morgan fingerprint density at radius 2 is 0.310 bits per heavy atom. The Kier molecular flexibility index (Phi) is 38.6. The molecule has 14 bridgehead atoms. The van der Waals surface area contributed by atoms with Gasteiger partial charge in [-0.2, -0.15) is 158 Å². The van der Waals surface area contributed by atoms with Crippen LogP contribution in [-0.2, 0) is 104 Å². The van der Waals surface area contributed by atoms with E-state index in [1.165, 1.54) is 0 Å². The van der Waals surface area contributed by atoms with Gasteiger partial charge in [0.1, 0.15) is 197 Å². The van der Waals surface area contributed by atoms with Crippen LogP contribution in [0.5, 0.6) is 0 Å². The van der Waals surface area contributed by atoms with Gasteiger partial charge in [-0.1, -0.05) is 0 Å². The van der Waals surface area contributed by atoms with Crippen LogP contribution >= 0.6 is 0 Å². The van der Waals surface area contributed by atoms with E-state index in [1.807, 2.05) is 0 Å². The normalized spacial score (nSPS) is 36.8. The summed E-state index contributed by atoms with van der Waals surface area (Å²) in [5, 5.41) is 196. The van der Waals surface area contributed by atoms with Crippen molar-refractivity contribution >= 4 is 23.9 Å². The minimum absolute atomic E-state index is 1.74. The highest BCUT2D eigenvalue weighted by Crippen LogP contribution is 2.60. The SMILES string of the molecule is O=C(CCC(F)(F)C(F)(F)C(F)(F)C(F)(F)F)OCC1OC2OC3C(CO)OC(OC4C(COC(=O)CCC(F)(F)C(F)(F)C(F)(F)C(F)(F)F)OC(OC5C(CO)OC(OC6C(COC(=O)CCC(F)(F)C(F)(F)C(F)(F)C(F)(F)F)OC(OC7C(COC(=O)CCC(F)(F)C(F)(F)C(F)(F)C(F)(F)F)OC(OC8C(CO)OC(OC1C(O)C2O)C(O)C8O)C(O)C7O)C(O)C6O)C(O)C5O)C(O)C4O)C(O)C3O. The lowest BCUT2D eigenvalue weighted by Gasteiger charge is -2.50. The quantitative estimate of drug-likeness (QED) is 0.0246. The van der Waals surface area contributed by atoms with Gasteiger partial charge in [0.15, 0.2) is 44.0 Å². The molecule has 0 aromatic carbocycles. The van der Waals surface area contributed by atoms with Crippen molar-refractivity contribution in [3.63, 3.8) is 0 Å². The molecule has 35 atom stereocenters. The lowest BCUT2D eigenvalue weighted by Crippen LogP contribution is -2.68. The summed E-state index contributed by atoms with van der Waals surface area (Å²) in [7, 11) is 0. The zero-order valence-corrected chi connectivity index (χ0v) is 71.0. The summed E-state index contributed by atoms with van der Waals surface area (Å²) in [6.45, 7) is -13.4. The number of carbonyl (C=O) groups excluding carboxylic acids is 4. The van der Waals surface area contributed by atoms with Crippen molar-refractivity contribution in [3.05, 3.63) is 0 Å². The predicted molar refractivity (Wildman–Crippen MR) is 364 cm³/mol. The van der Waals surface area contributed by atoms with Gasteiger partial charge in [-0.25, -0.2) is 0 Å². The lowest BCUT2D eigenvalue weighted by atomic mass is 9.95. The van der Waals surface area contributed by atoms with Gasteiger partial charge in [-0.05, 0) is 0 Å². The number of hydrogen-bond acceptors (Lipinski definition) is 39. The molecule has 0 amide bonds. The van der Waals surface area contributed by atoms with E-state index in [4.69, 9.17) is 66.3 Å². The summed E-state index contributed by atoms with van der Waals surface area (Å²) in [5.41, 5.74) is 0. The molecule has 21 aliphatic heterocycles. The van der Waals surface area contributed by atoms with Crippen molar-refractivity contribution in [3.8, 4) is 0 Å². The van der Waals surface area contributed by atoms with Gasteiger partial charge in [0.2, 0.25) is 0 Å². The fraction of sp³-hybridized carbons (Fsp3) is 0.943. The van der Waals surface area contributed by atoms with Gasteiger partial charge in [0.25, 0.3) is 0 Å². The van der Waals surface area contributed by atoms with Crippen LogP contribution in [0.1, 0.15) is 51.4 Å². The largest absolute Gasteiger partial charge is 0.463 e. The molecular formula is C70H82F36O39. The number of rotatable bonds is 31. The van der Waals surface area contributed by atoms with E-state index in [-0.39, 0.29) is 0 Å². The van der Waals surface area contributed by atoms with Gasteiger partial charge >= 0.3 is 120 Å². The topological polar surface area (TPSA) is 578 Å². The summed E-state index contributed by atoms with van der Waals surface area (Å²) < 4.78 is 594. The molecule has 21 heterocycles. The zero-order valence-electron chi connectivity index (χ0n) is 71.0. The monoisotopic (exact) mass is 2230 g/mol. The maximum Gasteiger partial charge on any atom is 0.460 e. The van der Waals surface area contributed by atoms with E-state index in [0.29, 0.717) is 0 Å². The molecule has 0 saturated carbocycles. The molecule has 0 radical (unpaired) electrons. The third kappa shape index (κ3) is 25.0. The van der Waals surface area contributed by atoms with Crippen LogP contribution < -0.4 is 0 Å². The summed E-state index contributed by atoms with van der Waals surface area (Å²) in [6.07, 6.45) is -156. The van der Waals surface area contributed by atoms with Crippen molar-refractivity contribution in [2.75, 3.05) is 46.2 Å². The highest BCUT2D eigenvalue weighted by Gasteiger charge is 2.85. The Bertz CT molecular complexity index is 4080. The van der Waals surface area contributed by atoms with Gasteiger partial charge < -0.3 is 172 Å². The van der Waals surface area contributed by atoms with Crippen molar-refractivity contribution in [2.24, 2.45) is 0 Å². The molecular weight excluding hydrogens is 2150 g/mol. The number of esters is 4. The first-order chi connectivity index (χ1) is 65.8.